The van der Waals surface area contributed by atoms with Gasteiger partial charge in [0.05, 0.1) is 10.7 Å². The first-order valence-electron chi connectivity index (χ1n) is 8.59. The largest absolute Gasteiger partial charge is 0.370 e. The van der Waals surface area contributed by atoms with E-state index in [4.69, 9.17) is 11.6 Å². The van der Waals surface area contributed by atoms with E-state index in [1.165, 1.54) is 0 Å². The van der Waals surface area contributed by atoms with Crippen LogP contribution in [0, 0.1) is 5.92 Å². The van der Waals surface area contributed by atoms with Crippen LogP contribution in [0.2, 0.25) is 5.02 Å². The highest BCUT2D eigenvalue weighted by Gasteiger charge is 2.38. The smallest absolute Gasteiger partial charge is 0.226 e. The molecule has 0 N–H and O–H groups in total. The van der Waals surface area contributed by atoms with E-state index < -0.39 is 0 Å². The van der Waals surface area contributed by atoms with E-state index in [1.54, 1.807) is 12.4 Å². The van der Waals surface area contributed by atoms with E-state index in [0.29, 0.717) is 17.0 Å². The summed E-state index contributed by atoms with van der Waals surface area (Å²) < 4.78 is 0. The number of piperidine rings is 1. The lowest BCUT2D eigenvalue weighted by Crippen LogP contribution is -2.52. The van der Waals surface area contributed by atoms with Gasteiger partial charge in [0.1, 0.15) is 0 Å². The molecule has 0 aliphatic carbocycles. The lowest BCUT2D eigenvalue weighted by Gasteiger charge is -2.39. The maximum atomic E-state index is 12.9. The summed E-state index contributed by atoms with van der Waals surface area (Å²) in [7, 11) is 0. The standard InChI is InChI=1S/C17H23ClN4O/c18-15-11-19-5-1-16(15)21-7-2-13(3-8-21)17(23)22-10-9-20-6-4-14(22)12-20/h1,5,11,13-14H,2-4,6-10,12H2. The van der Waals surface area contributed by atoms with Crippen molar-refractivity contribution in [3.8, 4) is 0 Å². The third-order valence-corrected chi connectivity index (χ3v) is 5.86. The molecule has 3 saturated heterocycles. The predicted molar refractivity (Wildman–Crippen MR) is 90.7 cm³/mol. The number of carbonyl (C=O) groups excluding carboxylic acids is 1. The summed E-state index contributed by atoms with van der Waals surface area (Å²) in [6.07, 6.45) is 6.46. The fraction of sp³-hybridized carbons (Fsp3) is 0.647. The van der Waals surface area contributed by atoms with Gasteiger partial charge in [-0.05, 0) is 25.3 Å². The van der Waals surface area contributed by atoms with E-state index in [-0.39, 0.29) is 5.92 Å². The van der Waals surface area contributed by atoms with Gasteiger partial charge in [-0.3, -0.25) is 14.7 Å². The number of anilines is 1. The number of nitrogens with zero attached hydrogens (tertiary/aromatic N) is 4. The van der Waals surface area contributed by atoms with Crippen LogP contribution in [0.3, 0.4) is 0 Å². The Kier molecular flexibility index (Phi) is 4.16. The SMILES string of the molecule is O=C(C1CCN(c2ccncc2Cl)CC1)N1CCN2CCC1C2. The molecular weight excluding hydrogens is 312 g/mol. The zero-order valence-electron chi connectivity index (χ0n) is 13.3. The average molecular weight is 335 g/mol. The Labute approximate surface area is 142 Å². The molecule has 2 unspecified atom stereocenters. The van der Waals surface area contributed by atoms with E-state index >= 15 is 0 Å². The third kappa shape index (κ3) is 2.92. The molecule has 3 fully saturated rings. The first-order valence-corrected chi connectivity index (χ1v) is 8.97. The van der Waals surface area contributed by atoms with Gasteiger partial charge in [-0.15, -0.1) is 0 Å². The van der Waals surface area contributed by atoms with Crippen molar-refractivity contribution in [3.05, 3.63) is 23.5 Å². The lowest BCUT2D eigenvalue weighted by atomic mass is 9.94. The minimum absolute atomic E-state index is 0.180. The van der Waals surface area contributed by atoms with Crippen LogP contribution >= 0.6 is 11.6 Å². The molecule has 1 aromatic heterocycles. The Balaban J connectivity index is 1.38. The Bertz CT molecular complexity index is 588. The van der Waals surface area contributed by atoms with Crippen LogP contribution in [0.25, 0.3) is 0 Å². The number of piperazine rings is 1. The zero-order chi connectivity index (χ0) is 15.8. The fourth-order valence-corrected chi connectivity index (χ4v) is 4.46. The Morgan fingerprint density at radius 3 is 2.74 bits per heavy atom. The average Bonchev–Trinajstić information content (AvgIpc) is 2.96. The monoisotopic (exact) mass is 334 g/mol. The number of aromatic nitrogens is 1. The maximum Gasteiger partial charge on any atom is 0.226 e. The van der Waals surface area contributed by atoms with Gasteiger partial charge in [0.15, 0.2) is 0 Å². The topological polar surface area (TPSA) is 39.7 Å². The number of hydrogen-bond donors (Lipinski definition) is 0. The molecule has 1 amide bonds. The van der Waals surface area contributed by atoms with E-state index in [2.05, 4.69) is 19.7 Å². The number of pyridine rings is 1. The number of halogens is 1. The van der Waals surface area contributed by atoms with Gasteiger partial charge >= 0.3 is 0 Å². The predicted octanol–water partition coefficient (Wildman–Crippen LogP) is 1.87. The Morgan fingerprint density at radius 2 is 1.96 bits per heavy atom. The van der Waals surface area contributed by atoms with Gasteiger partial charge in [0, 0.05) is 63.6 Å². The summed E-state index contributed by atoms with van der Waals surface area (Å²) in [6.45, 7) is 5.99. The molecule has 1 aromatic rings. The van der Waals surface area contributed by atoms with Crippen molar-refractivity contribution < 1.29 is 4.79 Å². The molecule has 2 atom stereocenters. The van der Waals surface area contributed by atoms with Crippen molar-refractivity contribution >= 4 is 23.2 Å². The van der Waals surface area contributed by atoms with Crippen LogP contribution in [0.1, 0.15) is 19.3 Å². The molecule has 4 rings (SSSR count). The second-order valence-electron chi connectivity index (χ2n) is 6.86. The second-order valence-corrected chi connectivity index (χ2v) is 7.27. The molecule has 0 radical (unpaired) electrons. The fourth-order valence-electron chi connectivity index (χ4n) is 4.22. The van der Waals surface area contributed by atoms with Gasteiger partial charge in [-0.1, -0.05) is 11.6 Å². The van der Waals surface area contributed by atoms with Gasteiger partial charge < -0.3 is 9.80 Å². The van der Waals surface area contributed by atoms with Crippen molar-refractivity contribution in [1.29, 1.82) is 0 Å². The quantitative estimate of drug-likeness (QED) is 0.828. The molecule has 3 aliphatic heterocycles. The van der Waals surface area contributed by atoms with Crippen LogP contribution in [0.5, 0.6) is 0 Å². The highest BCUT2D eigenvalue weighted by atomic mass is 35.5. The van der Waals surface area contributed by atoms with Crippen molar-refractivity contribution in [2.75, 3.05) is 44.2 Å². The summed E-state index contributed by atoms with van der Waals surface area (Å²) in [4.78, 5) is 23.9. The molecule has 0 spiro atoms. The maximum absolute atomic E-state index is 12.9. The minimum Gasteiger partial charge on any atom is -0.370 e. The third-order valence-electron chi connectivity index (χ3n) is 5.56. The molecule has 3 aliphatic rings. The molecular formula is C17H23ClN4O. The van der Waals surface area contributed by atoms with Gasteiger partial charge in [0.25, 0.3) is 0 Å². The van der Waals surface area contributed by atoms with E-state index in [9.17, 15) is 4.79 Å². The minimum atomic E-state index is 0.180. The first kappa shape index (κ1) is 15.2. The Hall–Kier alpha value is -1.33. The molecule has 4 heterocycles. The van der Waals surface area contributed by atoms with Gasteiger partial charge in [-0.25, -0.2) is 0 Å². The normalized spacial score (nSPS) is 28.2. The van der Waals surface area contributed by atoms with Crippen LogP contribution in [-0.4, -0.2) is 66.0 Å². The highest BCUT2D eigenvalue weighted by Crippen LogP contribution is 2.30. The lowest BCUT2D eigenvalue weighted by molar-refractivity contribution is -0.139. The molecule has 124 valence electrons. The van der Waals surface area contributed by atoms with Gasteiger partial charge in [0.2, 0.25) is 5.91 Å². The number of fused-ring (bicyclic) bond motifs is 2. The van der Waals surface area contributed by atoms with Crippen molar-refractivity contribution in [1.82, 2.24) is 14.8 Å². The number of amides is 1. The molecule has 23 heavy (non-hydrogen) atoms. The van der Waals surface area contributed by atoms with Crippen molar-refractivity contribution in [2.24, 2.45) is 5.92 Å². The molecule has 6 heteroatoms. The van der Waals surface area contributed by atoms with Crippen LogP contribution in [-0.2, 0) is 4.79 Å². The highest BCUT2D eigenvalue weighted by molar-refractivity contribution is 6.33. The van der Waals surface area contributed by atoms with E-state index in [1.807, 2.05) is 6.07 Å². The van der Waals surface area contributed by atoms with Crippen molar-refractivity contribution in [3.63, 3.8) is 0 Å². The summed E-state index contributed by atoms with van der Waals surface area (Å²) >= 11 is 6.24. The second kappa shape index (κ2) is 6.29. The summed E-state index contributed by atoms with van der Waals surface area (Å²) in [6, 6.07) is 2.42. The van der Waals surface area contributed by atoms with E-state index in [0.717, 1.165) is 64.2 Å². The first-order chi connectivity index (χ1) is 11.2. The molecule has 0 aromatic carbocycles. The summed E-state index contributed by atoms with van der Waals surface area (Å²) in [5, 5.41) is 0.694. The summed E-state index contributed by atoms with van der Waals surface area (Å²) in [5.74, 6) is 0.566. The molecule has 2 bridgehead atoms. The summed E-state index contributed by atoms with van der Waals surface area (Å²) in [5.41, 5.74) is 1.04. The van der Waals surface area contributed by atoms with Crippen LogP contribution in [0.4, 0.5) is 5.69 Å². The van der Waals surface area contributed by atoms with Gasteiger partial charge in [-0.2, -0.15) is 0 Å². The van der Waals surface area contributed by atoms with Crippen LogP contribution in [0.15, 0.2) is 18.5 Å². The number of rotatable bonds is 2. The number of carbonyl (C=O) groups is 1. The van der Waals surface area contributed by atoms with Crippen molar-refractivity contribution in [2.45, 2.75) is 25.3 Å². The Morgan fingerprint density at radius 1 is 1.13 bits per heavy atom. The molecule has 0 saturated carbocycles. The molecule has 5 nitrogen and oxygen atoms in total. The number of hydrogen-bond acceptors (Lipinski definition) is 4. The van der Waals surface area contributed by atoms with Crippen LogP contribution < -0.4 is 4.90 Å². The zero-order valence-corrected chi connectivity index (χ0v) is 14.1.